The second kappa shape index (κ2) is 15.0. The van der Waals surface area contributed by atoms with Gasteiger partial charge in [-0.15, -0.1) is 11.8 Å². The summed E-state index contributed by atoms with van der Waals surface area (Å²) in [4.78, 5) is 25.0. The highest BCUT2D eigenvalue weighted by molar-refractivity contribution is 7.98. The number of thioether (sulfide) groups is 1. The Kier molecular flexibility index (Phi) is 12.0. The molecule has 2 atom stereocenters. The fraction of sp³-hybridized carbons (Fsp3) is 0.333. The van der Waals surface area contributed by atoms with Crippen LogP contribution in [0.1, 0.15) is 24.5 Å². The van der Waals surface area contributed by atoms with Crippen molar-refractivity contribution >= 4 is 29.4 Å². The molecule has 0 heterocycles. The summed E-state index contributed by atoms with van der Waals surface area (Å²) in [6.07, 6.45) is 3.64. The number of carbonyl (C=O) groups is 2. The van der Waals surface area contributed by atoms with Crippen LogP contribution in [0.3, 0.4) is 0 Å². The number of hydrogen-bond donors (Lipinski definition) is 4. The van der Waals surface area contributed by atoms with Crippen molar-refractivity contribution < 1.29 is 34.1 Å². The summed E-state index contributed by atoms with van der Waals surface area (Å²) in [5.74, 6) is -0.120. The minimum Gasteiger partial charge on any atom is -0.491 e. The second-order valence-corrected chi connectivity index (χ2v) is 7.93. The van der Waals surface area contributed by atoms with E-state index in [0.717, 1.165) is 4.90 Å². The molecule has 0 saturated carbocycles. The third-order valence-corrected chi connectivity index (χ3v) is 5.50. The number of rotatable bonds is 13. The highest BCUT2D eigenvalue weighted by Gasteiger charge is 2.27. The molecule has 0 radical (unpaired) electrons. The van der Waals surface area contributed by atoms with Crippen LogP contribution in [-0.4, -0.2) is 55.0 Å². The van der Waals surface area contributed by atoms with Gasteiger partial charge in [0.05, 0.1) is 12.7 Å². The summed E-state index contributed by atoms with van der Waals surface area (Å²) in [5, 5.41) is 20.3. The van der Waals surface area contributed by atoms with Gasteiger partial charge in [0.15, 0.2) is 6.10 Å². The van der Waals surface area contributed by atoms with Gasteiger partial charge in [0.1, 0.15) is 12.4 Å². The SMILES string of the molecule is CO[C@H](CC/C=C/C(=O)NO)[C@H](OC(=O)Nc1ccc(SC)cc1)c1cccc(OCCO)c1. The van der Waals surface area contributed by atoms with Gasteiger partial charge in [0, 0.05) is 23.8 Å². The summed E-state index contributed by atoms with van der Waals surface area (Å²) in [6.45, 7) is 0.00324. The number of hydroxylamine groups is 1. The molecule has 9 nitrogen and oxygen atoms in total. The molecule has 0 fully saturated rings. The smallest absolute Gasteiger partial charge is 0.412 e. The molecule has 0 bridgehead atoms. The molecule has 184 valence electrons. The zero-order chi connectivity index (χ0) is 24.8. The van der Waals surface area contributed by atoms with Gasteiger partial charge >= 0.3 is 6.09 Å². The Morgan fingerprint density at radius 3 is 2.59 bits per heavy atom. The molecule has 2 amide bonds. The van der Waals surface area contributed by atoms with Crippen molar-refractivity contribution in [1.82, 2.24) is 5.48 Å². The third-order valence-electron chi connectivity index (χ3n) is 4.75. The first-order chi connectivity index (χ1) is 16.5. The molecule has 0 saturated heterocycles. The van der Waals surface area contributed by atoms with Crippen molar-refractivity contribution in [3.05, 3.63) is 66.2 Å². The number of nitrogens with one attached hydrogen (secondary N) is 2. The maximum absolute atomic E-state index is 12.7. The molecule has 0 unspecified atom stereocenters. The van der Waals surface area contributed by atoms with Crippen LogP contribution in [0, 0.1) is 0 Å². The van der Waals surface area contributed by atoms with E-state index in [2.05, 4.69) is 5.32 Å². The van der Waals surface area contributed by atoms with Gasteiger partial charge in [-0.1, -0.05) is 18.2 Å². The molecule has 10 heteroatoms. The van der Waals surface area contributed by atoms with Gasteiger partial charge in [0.25, 0.3) is 5.91 Å². The summed E-state index contributed by atoms with van der Waals surface area (Å²) >= 11 is 1.60. The molecule has 0 aliphatic rings. The number of carbonyl (C=O) groups excluding carboxylic acids is 2. The van der Waals surface area contributed by atoms with E-state index in [4.69, 9.17) is 24.5 Å². The molecule has 0 aromatic heterocycles. The van der Waals surface area contributed by atoms with Crippen molar-refractivity contribution in [2.75, 3.05) is 31.9 Å². The largest absolute Gasteiger partial charge is 0.491 e. The summed E-state index contributed by atoms with van der Waals surface area (Å²) in [5.41, 5.74) is 2.76. The van der Waals surface area contributed by atoms with Gasteiger partial charge in [-0.05, 0) is 61.1 Å². The van der Waals surface area contributed by atoms with E-state index >= 15 is 0 Å². The normalized spacial score (nSPS) is 12.7. The minimum atomic E-state index is -0.784. The molecule has 2 aromatic rings. The van der Waals surface area contributed by atoms with Crippen molar-refractivity contribution in [2.45, 2.75) is 29.9 Å². The number of amides is 2. The molecule has 0 aliphatic heterocycles. The maximum Gasteiger partial charge on any atom is 0.412 e. The van der Waals surface area contributed by atoms with Crippen LogP contribution in [-0.2, 0) is 14.3 Å². The van der Waals surface area contributed by atoms with Crippen LogP contribution in [0.2, 0.25) is 0 Å². The van der Waals surface area contributed by atoms with Crippen LogP contribution in [0.25, 0.3) is 0 Å². The maximum atomic E-state index is 12.7. The Morgan fingerprint density at radius 1 is 1.18 bits per heavy atom. The van der Waals surface area contributed by atoms with E-state index in [-0.39, 0.29) is 13.2 Å². The van der Waals surface area contributed by atoms with Crippen LogP contribution >= 0.6 is 11.8 Å². The quantitative estimate of drug-likeness (QED) is 0.144. The molecule has 0 aliphatic carbocycles. The van der Waals surface area contributed by atoms with Crippen LogP contribution in [0.4, 0.5) is 10.5 Å². The van der Waals surface area contributed by atoms with Crippen molar-refractivity contribution in [3.63, 3.8) is 0 Å². The predicted molar refractivity (Wildman–Crippen MR) is 129 cm³/mol. The van der Waals surface area contributed by atoms with E-state index in [1.807, 2.05) is 18.4 Å². The van der Waals surface area contributed by atoms with Gasteiger partial charge < -0.3 is 19.3 Å². The number of anilines is 1. The Morgan fingerprint density at radius 2 is 1.94 bits per heavy atom. The van der Waals surface area contributed by atoms with Gasteiger partial charge in [-0.2, -0.15) is 0 Å². The zero-order valence-corrected chi connectivity index (χ0v) is 19.9. The first-order valence-corrected chi connectivity index (χ1v) is 11.8. The van der Waals surface area contributed by atoms with Gasteiger partial charge in [0.2, 0.25) is 0 Å². The van der Waals surface area contributed by atoms with Crippen molar-refractivity contribution in [3.8, 4) is 5.75 Å². The standard InChI is InChI=1S/C24H30N2O7S/c1-31-21(8-3-4-9-22(28)26-30)23(17-6-5-7-19(16-17)32-15-14-27)33-24(29)25-18-10-12-20(34-2)13-11-18/h4-7,9-13,16,21,23,27,30H,3,8,14-15H2,1-2H3,(H,25,29)(H,26,28)/b9-4+/t21-,23-/m1/s1. The van der Waals surface area contributed by atoms with E-state index < -0.39 is 24.2 Å². The van der Waals surface area contributed by atoms with Crippen LogP contribution < -0.4 is 15.5 Å². The lowest BCUT2D eigenvalue weighted by Gasteiger charge is -2.26. The summed E-state index contributed by atoms with van der Waals surface area (Å²) in [7, 11) is 1.51. The van der Waals surface area contributed by atoms with E-state index in [0.29, 0.717) is 29.8 Å². The number of aliphatic hydroxyl groups excluding tert-OH is 1. The number of ether oxygens (including phenoxy) is 3. The molecule has 4 N–H and O–H groups in total. The first-order valence-electron chi connectivity index (χ1n) is 10.6. The number of allylic oxidation sites excluding steroid dienone is 1. The molecule has 2 rings (SSSR count). The predicted octanol–water partition coefficient (Wildman–Crippen LogP) is 3.93. The lowest BCUT2D eigenvalue weighted by Crippen LogP contribution is -2.28. The lowest BCUT2D eigenvalue weighted by atomic mass is 10.00. The Bertz CT molecular complexity index is 937. The van der Waals surface area contributed by atoms with E-state index in [1.165, 1.54) is 18.7 Å². The zero-order valence-electron chi connectivity index (χ0n) is 19.1. The summed E-state index contributed by atoms with van der Waals surface area (Å²) < 4.78 is 16.9. The monoisotopic (exact) mass is 490 g/mol. The fourth-order valence-electron chi connectivity index (χ4n) is 3.12. The number of benzene rings is 2. The number of aliphatic hydroxyl groups is 1. The number of methoxy groups -OCH3 is 1. The van der Waals surface area contributed by atoms with E-state index in [1.54, 1.807) is 54.2 Å². The Hall–Kier alpha value is -3.05. The van der Waals surface area contributed by atoms with Crippen molar-refractivity contribution in [1.29, 1.82) is 0 Å². The highest BCUT2D eigenvalue weighted by atomic mass is 32.2. The average Bonchev–Trinajstić information content (AvgIpc) is 2.87. The van der Waals surface area contributed by atoms with Gasteiger partial charge in [-0.3, -0.25) is 15.3 Å². The van der Waals surface area contributed by atoms with E-state index in [9.17, 15) is 9.59 Å². The molecular formula is C24H30N2O7S. The lowest BCUT2D eigenvalue weighted by molar-refractivity contribution is -0.124. The highest BCUT2D eigenvalue weighted by Crippen LogP contribution is 2.30. The van der Waals surface area contributed by atoms with Crippen molar-refractivity contribution in [2.24, 2.45) is 0 Å². The molecule has 34 heavy (non-hydrogen) atoms. The second-order valence-electron chi connectivity index (χ2n) is 7.05. The summed E-state index contributed by atoms with van der Waals surface area (Å²) in [6, 6.07) is 14.4. The topological polar surface area (TPSA) is 126 Å². The number of hydrogen-bond acceptors (Lipinski definition) is 8. The van der Waals surface area contributed by atoms with Crippen LogP contribution in [0.5, 0.6) is 5.75 Å². The van der Waals surface area contributed by atoms with Gasteiger partial charge in [-0.25, -0.2) is 10.3 Å². The molecule has 0 spiro atoms. The Labute approximate surface area is 203 Å². The van der Waals surface area contributed by atoms with Crippen LogP contribution in [0.15, 0.2) is 65.6 Å². The molecular weight excluding hydrogens is 460 g/mol. The molecule has 2 aromatic carbocycles. The average molecular weight is 491 g/mol. The minimum absolute atomic E-state index is 0.129. The first kappa shape index (κ1) is 27.2. The fourth-order valence-corrected chi connectivity index (χ4v) is 3.53. The third kappa shape index (κ3) is 9.06. The Balaban J connectivity index is 2.19.